The van der Waals surface area contributed by atoms with E-state index in [4.69, 9.17) is 5.73 Å². The zero-order valence-electron chi connectivity index (χ0n) is 12.7. The van der Waals surface area contributed by atoms with Gasteiger partial charge in [0.2, 0.25) is 11.8 Å². The minimum Gasteiger partial charge on any atom is -0.471 e. The van der Waals surface area contributed by atoms with Crippen molar-refractivity contribution in [2.24, 2.45) is 11.7 Å². The van der Waals surface area contributed by atoms with Gasteiger partial charge >= 0.3 is 12.3 Å². The van der Waals surface area contributed by atoms with Crippen LogP contribution in [0.1, 0.15) is 20.3 Å². The van der Waals surface area contributed by atoms with Crippen molar-refractivity contribution in [2.75, 3.05) is 11.9 Å². The molecule has 0 aliphatic rings. The van der Waals surface area contributed by atoms with Crippen LogP contribution in [0.15, 0.2) is 18.3 Å². The summed E-state index contributed by atoms with van der Waals surface area (Å²) in [5.41, 5.74) is 6.05. The summed E-state index contributed by atoms with van der Waals surface area (Å²) in [5.74, 6) is -4.92. The topological polar surface area (TPSA) is 77.2 Å². The van der Waals surface area contributed by atoms with Crippen molar-refractivity contribution in [3.05, 3.63) is 18.3 Å². The molecule has 0 fully saturated rings. The minimum atomic E-state index is -4.25. The van der Waals surface area contributed by atoms with Crippen LogP contribution in [0.5, 0.6) is 5.88 Å². The maximum Gasteiger partial charge on any atom is 0.340 e. The number of amides is 1. The Balaban J connectivity index is 2.58. The maximum atomic E-state index is 12.7. The fourth-order valence-electron chi connectivity index (χ4n) is 1.51. The summed E-state index contributed by atoms with van der Waals surface area (Å²) < 4.78 is 53.9. The monoisotopic (exact) mass is 337 g/mol. The Morgan fingerprint density at radius 3 is 2.57 bits per heavy atom. The molecule has 0 saturated carbocycles. The number of carbonyl (C=O) groups excluding carboxylic acids is 1. The molecule has 0 aliphatic carbocycles. The number of hydrogen-bond donors (Lipinski definition) is 2. The van der Waals surface area contributed by atoms with Gasteiger partial charge in [-0.3, -0.25) is 4.79 Å². The van der Waals surface area contributed by atoms with E-state index in [0.29, 0.717) is 5.69 Å². The van der Waals surface area contributed by atoms with E-state index in [-0.39, 0.29) is 11.8 Å². The van der Waals surface area contributed by atoms with Crippen LogP contribution in [-0.4, -0.2) is 35.9 Å². The van der Waals surface area contributed by atoms with E-state index in [2.05, 4.69) is 15.0 Å². The van der Waals surface area contributed by atoms with Gasteiger partial charge in [0.1, 0.15) is 0 Å². The zero-order chi connectivity index (χ0) is 17.6. The first kappa shape index (κ1) is 19.1. The predicted octanol–water partition coefficient (Wildman–Crippen LogP) is 2.67. The number of hydrogen-bond acceptors (Lipinski definition) is 4. The molecule has 0 aliphatic heterocycles. The number of pyridine rings is 1. The van der Waals surface area contributed by atoms with Crippen LogP contribution in [0, 0.1) is 5.92 Å². The Morgan fingerprint density at radius 1 is 1.43 bits per heavy atom. The third-order valence-corrected chi connectivity index (χ3v) is 3.30. The summed E-state index contributed by atoms with van der Waals surface area (Å²) in [6.07, 6.45) is -1.92. The van der Waals surface area contributed by atoms with Gasteiger partial charge in [0, 0.05) is 6.07 Å². The smallest absolute Gasteiger partial charge is 0.340 e. The number of halogens is 4. The van der Waals surface area contributed by atoms with Crippen molar-refractivity contribution in [1.82, 2.24) is 4.98 Å². The van der Waals surface area contributed by atoms with Crippen molar-refractivity contribution in [3.8, 4) is 5.88 Å². The lowest BCUT2D eigenvalue weighted by Crippen LogP contribution is -2.40. The van der Waals surface area contributed by atoms with Crippen LogP contribution < -0.4 is 15.8 Å². The van der Waals surface area contributed by atoms with Gasteiger partial charge in [-0.15, -0.1) is 0 Å². The predicted molar refractivity (Wildman–Crippen MR) is 76.7 cm³/mol. The van der Waals surface area contributed by atoms with E-state index in [0.717, 1.165) is 12.6 Å². The molecule has 1 amide bonds. The lowest BCUT2D eigenvalue weighted by molar-refractivity contribution is -0.148. The Morgan fingerprint density at radius 2 is 2.09 bits per heavy atom. The molecule has 1 aromatic heterocycles. The van der Waals surface area contributed by atoms with Gasteiger partial charge in [-0.2, -0.15) is 8.78 Å². The van der Waals surface area contributed by atoms with Gasteiger partial charge in [-0.25, -0.2) is 13.8 Å². The Kier molecular flexibility index (Phi) is 6.74. The minimum absolute atomic E-state index is 0.0119. The first-order valence-corrected chi connectivity index (χ1v) is 6.98. The molecule has 0 aromatic carbocycles. The molecule has 0 saturated heterocycles. The lowest BCUT2D eigenvalue weighted by atomic mass is 9.99. The molecule has 1 heterocycles. The van der Waals surface area contributed by atoms with Crippen LogP contribution in [0.4, 0.5) is 23.2 Å². The first-order valence-electron chi connectivity index (χ1n) is 6.98. The molecule has 2 unspecified atom stereocenters. The van der Waals surface area contributed by atoms with Crippen molar-refractivity contribution in [3.63, 3.8) is 0 Å². The average Bonchev–Trinajstić information content (AvgIpc) is 2.52. The Labute approximate surface area is 131 Å². The second kappa shape index (κ2) is 8.09. The number of anilines is 1. The molecular weight excluding hydrogens is 318 g/mol. The van der Waals surface area contributed by atoms with Crippen molar-refractivity contribution < 1.29 is 27.1 Å². The standard InChI is InChI=1S/C14H19F4N3O2/c1-3-8(2)11(19)12(22)21-9-4-5-10(20-6-9)23-7-14(17,18)13(15)16/h4-6,8,11,13H,3,7,19H2,1-2H3,(H,21,22). The fourth-order valence-corrected chi connectivity index (χ4v) is 1.51. The van der Waals surface area contributed by atoms with Crippen LogP contribution in [-0.2, 0) is 4.79 Å². The summed E-state index contributed by atoms with van der Waals surface area (Å²) in [7, 11) is 0. The summed E-state index contributed by atoms with van der Waals surface area (Å²) in [6.45, 7) is 2.26. The third kappa shape index (κ3) is 5.66. The van der Waals surface area contributed by atoms with Crippen LogP contribution >= 0.6 is 0 Å². The highest BCUT2D eigenvalue weighted by atomic mass is 19.3. The largest absolute Gasteiger partial charge is 0.471 e. The quantitative estimate of drug-likeness (QED) is 0.715. The number of aromatic nitrogens is 1. The summed E-state index contributed by atoms with van der Waals surface area (Å²) in [6, 6.07) is 1.84. The second-order valence-electron chi connectivity index (χ2n) is 5.14. The molecule has 3 N–H and O–H groups in total. The number of alkyl halides is 4. The second-order valence-corrected chi connectivity index (χ2v) is 5.14. The summed E-state index contributed by atoms with van der Waals surface area (Å²) in [4.78, 5) is 15.5. The SMILES string of the molecule is CCC(C)C(N)C(=O)Nc1ccc(OCC(F)(F)C(F)F)nc1. The number of nitrogens with one attached hydrogen (secondary N) is 1. The van der Waals surface area contributed by atoms with E-state index in [1.54, 1.807) is 0 Å². The van der Waals surface area contributed by atoms with Crippen LogP contribution in [0.25, 0.3) is 0 Å². The van der Waals surface area contributed by atoms with E-state index in [1.807, 2.05) is 13.8 Å². The highest BCUT2D eigenvalue weighted by Gasteiger charge is 2.41. The van der Waals surface area contributed by atoms with E-state index >= 15 is 0 Å². The van der Waals surface area contributed by atoms with Crippen LogP contribution in [0.2, 0.25) is 0 Å². The highest BCUT2D eigenvalue weighted by Crippen LogP contribution is 2.24. The molecule has 23 heavy (non-hydrogen) atoms. The van der Waals surface area contributed by atoms with Crippen molar-refractivity contribution in [2.45, 2.75) is 38.7 Å². The summed E-state index contributed by atoms with van der Waals surface area (Å²) in [5, 5.41) is 2.52. The number of nitrogens with zero attached hydrogens (tertiary/aromatic N) is 1. The highest BCUT2D eigenvalue weighted by molar-refractivity contribution is 5.94. The van der Waals surface area contributed by atoms with E-state index in [9.17, 15) is 22.4 Å². The third-order valence-electron chi connectivity index (χ3n) is 3.30. The van der Waals surface area contributed by atoms with Crippen molar-refractivity contribution in [1.29, 1.82) is 0 Å². The van der Waals surface area contributed by atoms with Gasteiger partial charge in [0.05, 0.1) is 17.9 Å². The van der Waals surface area contributed by atoms with Gasteiger partial charge < -0.3 is 15.8 Å². The lowest BCUT2D eigenvalue weighted by Gasteiger charge is -2.18. The molecule has 130 valence electrons. The molecule has 0 radical (unpaired) electrons. The normalized spacial score (nSPS) is 14.4. The average molecular weight is 337 g/mol. The van der Waals surface area contributed by atoms with E-state index in [1.165, 1.54) is 12.1 Å². The van der Waals surface area contributed by atoms with E-state index < -0.39 is 30.9 Å². The maximum absolute atomic E-state index is 12.7. The molecule has 0 bridgehead atoms. The van der Waals surface area contributed by atoms with Gasteiger partial charge in [-0.1, -0.05) is 20.3 Å². The fraction of sp³-hybridized carbons (Fsp3) is 0.571. The Hall–Kier alpha value is -1.90. The summed E-state index contributed by atoms with van der Waals surface area (Å²) >= 11 is 0. The molecule has 9 heteroatoms. The van der Waals surface area contributed by atoms with Crippen molar-refractivity contribution >= 4 is 11.6 Å². The molecular formula is C14H19F4N3O2. The van der Waals surface area contributed by atoms with Gasteiger partial charge in [0.25, 0.3) is 0 Å². The van der Waals surface area contributed by atoms with Gasteiger partial charge in [-0.05, 0) is 12.0 Å². The molecule has 1 aromatic rings. The number of ether oxygens (including phenoxy) is 1. The number of nitrogens with two attached hydrogens (primary N) is 1. The number of carbonyl (C=O) groups is 1. The molecule has 1 rings (SSSR count). The molecule has 5 nitrogen and oxygen atoms in total. The Bertz CT molecular complexity index is 511. The molecule has 0 spiro atoms. The molecule has 2 atom stereocenters. The number of rotatable bonds is 8. The first-order chi connectivity index (χ1) is 10.7. The van der Waals surface area contributed by atoms with Gasteiger partial charge in [0.15, 0.2) is 6.61 Å². The van der Waals surface area contributed by atoms with Crippen LogP contribution in [0.3, 0.4) is 0 Å². The zero-order valence-corrected chi connectivity index (χ0v) is 12.7.